The highest BCUT2D eigenvalue weighted by Gasteiger charge is 2.15. The number of unbranched alkanes of at least 4 members (excludes halogenated alkanes) is 3. The zero-order valence-corrected chi connectivity index (χ0v) is 12.8. The van der Waals surface area contributed by atoms with Gasteiger partial charge in [0.15, 0.2) is 0 Å². The molecule has 5 heteroatoms. The van der Waals surface area contributed by atoms with E-state index in [9.17, 15) is 0 Å². The van der Waals surface area contributed by atoms with Crippen molar-refractivity contribution in [2.45, 2.75) is 32.6 Å². The van der Waals surface area contributed by atoms with Gasteiger partial charge < -0.3 is 15.1 Å². The van der Waals surface area contributed by atoms with E-state index < -0.39 is 0 Å². The molecule has 0 bridgehead atoms. The summed E-state index contributed by atoms with van der Waals surface area (Å²) >= 11 is 0. The van der Waals surface area contributed by atoms with Gasteiger partial charge in [0, 0.05) is 38.9 Å². The first-order valence-electron chi connectivity index (χ1n) is 7.80. The summed E-state index contributed by atoms with van der Waals surface area (Å²) in [5.74, 6) is 1.81. The van der Waals surface area contributed by atoms with Crippen molar-refractivity contribution in [1.29, 1.82) is 0 Å². The summed E-state index contributed by atoms with van der Waals surface area (Å²) in [5.41, 5.74) is 0. The van der Waals surface area contributed by atoms with Gasteiger partial charge in [-0.1, -0.05) is 26.2 Å². The van der Waals surface area contributed by atoms with Crippen LogP contribution in [-0.2, 0) is 0 Å². The molecule has 0 aliphatic carbocycles. The highest BCUT2D eigenvalue weighted by atomic mass is 15.3. The highest BCUT2D eigenvalue weighted by molar-refractivity contribution is 5.42. The molecule has 1 N–H and O–H groups in total. The lowest BCUT2D eigenvalue weighted by molar-refractivity contribution is 0.312. The summed E-state index contributed by atoms with van der Waals surface area (Å²) in [6.07, 6.45) is 6.91. The second-order valence-corrected chi connectivity index (χ2v) is 5.52. The van der Waals surface area contributed by atoms with Crippen molar-refractivity contribution in [3.05, 3.63) is 12.3 Å². The van der Waals surface area contributed by atoms with E-state index in [2.05, 4.69) is 39.1 Å². The SMILES string of the molecule is CCCCCCNc1nccc(N2CCN(C)CC2)n1. The van der Waals surface area contributed by atoms with Crippen LogP contribution in [0.3, 0.4) is 0 Å². The van der Waals surface area contributed by atoms with Crippen LogP contribution in [0.15, 0.2) is 12.3 Å². The topological polar surface area (TPSA) is 44.3 Å². The molecule has 0 radical (unpaired) electrons. The zero-order chi connectivity index (χ0) is 14.2. The maximum atomic E-state index is 4.62. The van der Waals surface area contributed by atoms with Gasteiger partial charge in [0.05, 0.1) is 0 Å². The summed E-state index contributed by atoms with van der Waals surface area (Å²) in [6.45, 7) is 7.49. The third-order valence-electron chi connectivity index (χ3n) is 3.78. The lowest BCUT2D eigenvalue weighted by atomic mass is 10.2. The van der Waals surface area contributed by atoms with Gasteiger partial charge in [0.25, 0.3) is 0 Å². The van der Waals surface area contributed by atoms with E-state index in [0.29, 0.717) is 0 Å². The first-order valence-corrected chi connectivity index (χ1v) is 7.80. The Hall–Kier alpha value is -1.36. The van der Waals surface area contributed by atoms with Crippen LogP contribution in [0.1, 0.15) is 32.6 Å². The van der Waals surface area contributed by atoms with E-state index in [1.165, 1.54) is 25.7 Å². The van der Waals surface area contributed by atoms with Gasteiger partial charge in [-0.05, 0) is 19.5 Å². The quantitative estimate of drug-likeness (QED) is 0.774. The first-order chi connectivity index (χ1) is 9.79. The summed E-state index contributed by atoms with van der Waals surface area (Å²) < 4.78 is 0. The van der Waals surface area contributed by atoms with Crippen molar-refractivity contribution in [2.24, 2.45) is 0 Å². The average molecular weight is 277 g/mol. The molecule has 0 amide bonds. The van der Waals surface area contributed by atoms with Crippen LogP contribution in [0.2, 0.25) is 0 Å². The predicted molar refractivity (Wildman–Crippen MR) is 84.4 cm³/mol. The normalized spacial score (nSPS) is 16.4. The Morgan fingerprint density at radius 2 is 1.95 bits per heavy atom. The number of nitrogens with one attached hydrogen (secondary N) is 1. The van der Waals surface area contributed by atoms with Crippen LogP contribution in [-0.4, -0.2) is 54.6 Å². The third-order valence-corrected chi connectivity index (χ3v) is 3.78. The van der Waals surface area contributed by atoms with Crippen LogP contribution in [0.4, 0.5) is 11.8 Å². The van der Waals surface area contributed by atoms with Crippen LogP contribution in [0.5, 0.6) is 0 Å². The van der Waals surface area contributed by atoms with Crippen LogP contribution in [0, 0.1) is 0 Å². The van der Waals surface area contributed by atoms with Crippen molar-refractivity contribution in [3.63, 3.8) is 0 Å². The lowest BCUT2D eigenvalue weighted by Gasteiger charge is -2.33. The molecule has 1 saturated heterocycles. The fraction of sp³-hybridized carbons (Fsp3) is 0.733. The van der Waals surface area contributed by atoms with Crippen LogP contribution >= 0.6 is 0 Å². The van der Waals surface area contributed by atoms with E-state index >= 15 is 0 Å². The minimum Gasteiger partial charge on any atom is -0.354 e. The Labute approximate surface area is 122 Å². The Morgan fingerprint density at radius 3 is 2.70 bits per heavy atom. The second-order valence-electron chi connectivity index (χ2n) is 5.52. The van der Waals surface area contributed by atoms with Crippen LogP contribution < -0.4 is 10.2 Å². The molecule has 2 rings (SSSR count). The number of hydrogen-bond donors (Lipinski definition) is 1. The van der Waals surface area contributed by atoms with Crippen molar-refractivity contribution in [2.75, 3.05) is 50.0 Å². The summed E-state index contributed by atoms with van der Waals surface area (Å²) in [6, 6.07) is 2.01. The van der Waals surface area contributed by atoms with E-state index in [0.717, 1.165) is 44.5 Å². The molecule has 1 aromatic heterocycles. The number of nitrogens with zero attached hydrogens (tertiary/aromatic N) is 4. The summed E-state index contributed by atoms with van der Waals surface area (Å²) in [5, 5.41) is 3.33. The standard InChI is InChI=1S/C15H27N5/c1-3-4-5-6-8-16-15-17-9-7-14(18-15)20-12-10-19(2)11-13-20/h7,9H,3-6,8,10-13H2,1-2H3,(H,16,17,18). The molecule has 112 valence electrons. The van der Waals surface area contributed by atoms with Gasteiger partial charge in [-0.25, -0.2) is 4.98 Å². The monoisotopic (exact) mass is 277 g/mol. The molecular formula is C15H27N5. The molecule has 2 heterocycles. The minimum absolute atomic E-state index is 0.762. The van der Waals surface area contributed by atoms with Crippen molar-refractivity contribution < 1.29 is 0 Å². The Bertz CT molecular complexity index is 388. The smallest absolute Gasteiger partial charge is 0.224 e. The summed E-state index contributed by atoms with van der Waals surface area (Å²) in [4.78, 5) is 13.6. The number of hydrogen-bond acceptors (Lipinski definition) is 5. The minimum atomic E-state index is 0.762. The van der Waals surface area contributed by atoms with Crippen LogP contribution in [0.25, 0.3) is 0 Å². The van der Waals surface area contributed by atoms with Gasteiger partial charge in [-0.15, -0.1) is 0 Å². The van der Waals surface area contributed by atoms with Gasteiger partial charge in [-0.2, -0.15) is 4.98 Å². The fourth-order valence-electron chi connectivity index (χ4n) is 2.40. The third kappa shape index (κ3) is 4.63. The zero-order valence-electron chi connectivity index (χ0n) is 12.8. The Morgan fingerprint density at radius 1 is 1.15 bits per heavy atom. The molecular weight excluding hydrogens is 250 g/mol. The summed E-state index contributed by atoms with van der Waals surface area (Å²) in [7, 11) is 2.17. The first kappa shape index (κ1) is 15.0. The van der Waals surface area contributed by atoms with Gasteiger partial charge in [0.2, 0.25) is 5.95 Å². The molecule has 20 heavy (non-hydrogen) atoms. The molecule has 0 spiro atoms. The number of likely N-dealkylation sites (N-methyl/N-ethyl adjacent to an activating group) is 1. The fourth-order valence-corrected chi connectivity index (χ4v) is 2.40. The highest BCUT2D eigenvalue weighted by Crippen LogP contribution is 2.14. The molecule has 1 aliphatic rings. The van der Waals surface area contributed by atoms with Gasteiger partial charge >= 0.3 is 0 Å². The molecule has 1 aromatic rings. The Kier molecular flexibility index (Phi) is 6.05. The van der Waals surface area contributed by atoms with E-state index in [1.54, 1.807) is 0 Å². The van der Waals surface area contributed by atoms with Crippen molar-refractivity contribution >= 4 is 11.8 Å². The number of piperazine rings is 1. The molecule has 0 saturated carbocycles. The number of rotatable bonds is 7. The Balaban J connectivity index is 1.81. The molecule has 0 atom stereocenters. The number of aromatic nitrogens is 2. The second kappa shape index (κ2) is 8.04. The maximum absolute atomic E-state index is 4.62. The molecule has 1 aliphatic heterocycles. The molecule has 0 aromatic carbocycles. The van der Waals surface area contributed by atoms with E-state index in [-0.39, 0.29) is 0 Å². The number of anilines is 2. The maximum Gasteiger partial charge on any atom is 0.224 e. The molecule has 1 fully saturated rings. The molecule has 0 unspecified atom stereocenters. The van der Waals surface area contributed by atoms with E-state index in [4.69, 9.17) is 0 Å². The largest absolute Gasteiger partial charge is 0.354 e. The lowest BCUT2D eigenvalue weighted by Crippen LogP contribution is -2.44. The molecule has 5 nitrogen and oxygen atoms in total. The predicted octanol–water partition coefficient (Wildman–Crippen LogP) is 2.22. The average Bonchev–Trinajstić information content (AvgIpc) is 2.48. The van der Waals surface area contributed by atoms with Gasteiger partial charge in [0.1, 0.15) is 5.82 Å². The van der Waals surface area contributed by atoms with Crippen molar-refractivity contribution in [1.82, 2.24) is 14.9 Å². The van der Waals surface area contributed by atoms with Gasteiger partial charge in [-0.3, -0.25) is 0 Å². The van der Waals surface area contributed by atoms with Crippen molar-refractivity contribution in [3.8, 4) is 0 Å². The van der Waals surface area contributed by atoms with E-state index in [1.807, 2.05) is 12.3 Å².